The van der Waals surface area contributed by atoms with E-state index in [1.54, 1.807) is 11.6 Å². The van der Waals surface area contributed by atoms with Crippen molar-refractivity contribution in [2.24, 2.45) is 5.41 Å². The highest BCUT2D eigenvalue weighted by molar-refractivity contribution is 7.13. The molecule has 0 radical (unpaired) electrons. The number of amides is 2. The molecule has 1 saturated carbocycles. The van der Waals surface area contributed by atoms with E-state index in [9.17, 15) is 19.5 Å². The largest absolute Gasteiger partial charge is 0.479 e. The Hall–Kier alpha value is -2.00. The fraction of sp³-hybridized carbons (Fsp3) is 0.667. The molecule has 2 fully saturated rings. The molecule has 1 aliphatic carbocycles. The van der Waals surface area contributed by atoms with Gasteiger partial charge in [0, 0.05) is 37.4 Å². The van der Waals surface area contributed by atoms with E-state index in [1.807, 2.05) is 0 Å². The van der Waals surface area contributed by atoms with Crippen LogP contribution in [0.1, 0.15) is 51.4 Å². The van der Waals surface area contributed by atoms with Crippen molar-refractivity contribution >= 4 is 34.3 Å². The molecular formula is C18H25N3O5S. The van der Waals surface area contributed by atoms with Gasteiger partial charge < -0.3 is 20.5 Å². The second kappa shape index (κ2) is 8.35. The Balaban J connectivity index is 1.65. The number of hydrogen-bond donors (Lipinski definition) is 3. The molecule has 148 valence electrons. The van der Waals surface area contributed by atoms with Crippen molar-refractivity contribution in [2.45, 2.75) is 56.9 Å². The lowest BCUT2D eigenvalue weighted by Crippen LogP contribution is -2.56. The van der Waals surface area contributed by atoms with Crippen molar-refractivity contribution in [2.75, 3.05) is 18.5 Å². The molecule has 1 saturated heterocycles. The standard InChI is InChI=1S/C18H25N3O5S/c22-13(20-16-19-7-9-27-16)10-17(4-2-1-3-5-17)11-14(23)21-18(15(24)25)6-8-26-12-18/h7,9H,1-6,8,10-12H2,(H,21,23)(H,24,25)(H,19,20,22). The summed E-state index contributed by atoms with van der Waals surface area (Å²) >= 11 is 1.35. The van der Waals surface area contributed by atoms with Gasteiger partial charge in [0.1, 0.15) is 0 Å². The topological polar surface area (TPSA) is 118 Å². The third kappa shape index (κ3) is 4.84. The van der Waals surface area contributed by atoms with Crippen molar-refractivity contribution < 1.29 is 24.2 Å². The first kappa shape index (κ1) is 19.8. The summed E-state index contributed by atoms with van der Waals surface area (Å²) in [5, 5.41) is 17.3. The second-order valence-electron chi connectivity index (χ2n) is 7.54. The van der Waals surface area contributed by atoms with Gasteiger partial charge in [-0.1, -0.05) is 19.3 Å². The first-order valence-electron chi connectivity index (χ1n) is 9.25. The van der Waals surface area contributed by atoms with Gasteiger partial charge in [-0.2, -0.15) is 0 Å². The number of aromatic nitrogens is 1. The Morgan fingerprint density at radius 3 is 2.48 bits per heavy atom. The molecule has 0 bridgehead atoms. The number of ether oxygens (including phenoxy) is 1. The number of rotatable bonds is 7. The number of anilines is 1. The molecule has 1 aromatic rings. The number of aliphatic carboxylic acids is 1. The number of nitrogens with one attached hydrogen (secondary N) is 2. The molecule has 1 unspecified atom stereocenters. The van der Waals surface area contributed by atoms with E-state index < -0.39 is 16.9 Å². The van der Waals surface area contributed by atoms with E-state index in [0.29, 0.717) is 11.7 Å². The van der Waals surface area contributed by atoms with Gasteiger partial charge in [-0.05, 0) is 18.3 Å². The average Bonchev–Trinajstić information content (AvgIpc) is 3.27. The van der Waals surface area contributed by atoms with Crippen LogP contribution in [0.5, 0.6) is 0 Å². The quantitative estimate of drug-likeness (QED) is 0.651. The predicted molar refractivity (Wildman–Crippen MR) is 99.4 cm³/mol. The average molecular weight is 395 g/mol. The summed E-state index contributed by atoms with van der Waals surface area (Å²) in [6.07, 6.45) is 6.83. The minimum absolute atomic E-state index is 0.0222. The highest BCUT2D eigenvalue weighted by Gasteiger charge is 2.45. The Kier molecular flexibility index (Phi) is 6.11. The van der Waals surface area contributed by atoms with E-state index in [2.05, 4.69) is 15.6 Å². The Morgan fingerprint density at radius 2 is 1.89 bits per heavy atom. The van der Waals surface area contributed by atoms with E-state index in [0.717, 1.165) is 32.1 Å². The van der Waals surface area contributed by atoms with Crippen LogP contribution in [0.4, 0.5) is 5.13 Å². The number of carbonyl (C=O) groups is 3. The summed E-state index contributed by atoms with van der Waals surface area (Å²) in [4.78, 5) is 40.9. The summed E-state index contributed by atoms with van der Waals surface area (Å²) in [6, 6.07) is 0. The van der Waals surface area contributed by atoms with Crippen LogP contribution in [0.3, 0.4) is 0 Å². The van der Waals surface area contributed by atoms with Crippen LogP contribution >= 0.6 is 11.3 Å². The number of carboxylic acids is 1. The van der Waals surface area contributed by atoms with Crippen LogP contribution in [0.15, 0.2) is 11.6 Å². The summed E-state index contributed by atoms with van der Waals surface area (Å²) in [5.41, 5.74) is -1.79. The molecule has 1 atom stereocenters. The van der Waals surface area contributed by atoms with Crippen LogP contribution in [0.2, 0.25) is 0 Å². The molecule has 1 aliphatic heterocycles. The van der Waals surface area contributed by atoms with Crippen LogP contribution in [0.25, 0.3) is 0 Å². The first-order valence-corrected chi connectivity index (χ1v) is 10.1. The van der Waals surface area contributed by atoms with E-state index in [4.69, 9.17) is 4.74 Å². The van der Waals surface area contributed by atoms with Gasteiger partial charge in [0.05, 0.1) is 6.61 Å². The predicted octanol–water partition coefficient (Wildman–Crippen LogP) is 2.17. The molecule has 3 rings (SSSR count). The summed E-state index contributed by atoms with van der Waals surface area (Å²) in [7, 11) is 0. The van der Waals surface area contributed by atoms with Crippen molar-refractivity contribution in [3.05, 3.63) is 11.6 Å². The van der Waals surface area contributed by atoms with Crippen molar-refractivity contribution in [3.63, 3.8) is 0 Å². The molecule has 8 nitrogen and oxygen atoms in total. The molecule has 1 aromatic heterocycles. The number of thiazole rings is 1. The van der Waals surface area contributed by atoms with E-state index in [1.165, 1.54) is 11.3 Å². The minimum atomic E-state index is -1.35. The molecular weight excluding hydrogens is 370 g/mol. The molecule has 2 aliphatic rings. The molecule has 0 spiro atoms. The fourth-order valence-electron chi connectivity index (χ4n) is 4.04. The molecule has 2 amide bonds. The lowest BCUT2D eigenvalue weighted by molar-refractivity contribution is -0.148. The van der Waals surface area contributed by atoms with Crippen LogP contribution in [0, 0.1) is 5.41 Å². The zero-order chi connectivity index (χ0) is 19.3. The minimum Gasteiger partial charge on any atom is -0.479 e. The van der Waals surface area contributed by atoms with Gasteiger partial charge in [0.25, 0.3) is 0 Å². The first-order chi connectivity index (χ1) is 12.9. The van der Waals surface area contributed by atoms with Crippen LogP contribution in [-0.4, -0.2) is 46.6 Å². The summed E-state index contributed by atoms with van der Waals surface area (Å²) in [6.45, 7) is 0.291. The fourth-order valence-corrected chi connectivity index (χ4v) is 4.59. The molecule has 2 heterocycles. The third-order valence-electron chi connectivity index (χ3n) is 5.47. The molecule has 27 heavy (non-hydrogen) atoms. The smallest absolute Gasteiger partial charge is 0.331 e. The maximum absolute atomic E-state index is 12.7. The number of carboxylic acid groups (broad SMARTS) is 1. The van der Waals surface area contributed by atoms with Gasteiger partial charge >= 0.3 is 5.97 Å². The van der Waals surface area contributed by atoms with E-state index >= 15 is 0 Å². The zero-order valence-corrected chi connectivity index (χ0v) is 16.0. The molecule has 9 heteroatoms. The maximum Gasteiger partial charge on any atom is 0.331 e. The van der Waals surface area contributed by atoms with Crippen molar-refractivity contribution in [3.8, 4) is 0 Å². The molecule has 3 N–H and O–H groups in total. The van der Waals surface area contributed by atoms with Crippen LogP contribution < -0.4 is 10.6 Å². The Bertz CT molecular complexity index is 679. The summed E-state index contributed by atoms with van der Waals surface area (Å²) < 4.78 is 5.20. The molecule has 0 aromatic carbocycles. The maximum atomic E-state index is 12.7. The van der Waals surface area contributed by atoms with Crippen molar-refractivity contribution in [1.29, 1.82) is 0 Å². The lowest BCUT2D eigenvalue weighted by atomic mass is 9.69. The normalized spacial score (nSPS) is 24.3. The van der Waals surface area contributed by atoms with Gasteiger partial charge in [-0.3, -0.25) is 9.59 Å². The monoisotopic (exact) mass is 395 g/mol. The highest BCUT2D eigenvalue weighted by atomic mass is 32.1. The lowest BCUT2D eigenvalue weighted by Gasteiger charge is -2.37. The van der Waals surface area contributed by atoms with Gasteiger partial charge in [0.15, 0.2) is 10.7 Å². The highest BCUT2D eigenvalue weighted by Crippen LogP contribution is 2.42. The SMILES string of the molecule is O=C(CC1(CC(=O)NC2(C(=O)O)CCOC2)CCCCC1)Nc1nccs1. The van der Waals surface area contributed by atoms with E-state index in [-0.39, 0.29) is 37.7 Å². The number of nitrogens with zero attached hydrogens (tertiary/aromatic N) is 1. The van der Waals surface area contributed by atoms with Gasteiger partial charge in [-0.25, -0.2) is 9.78 Å². The number of hydrogen-bond acceptors (Lipinski definition) is 6. The number of carbonyl (C=O) groups excluding carboxylic acids is 2. The van der Waals surface area contributed by atoms with Crippen LogP contribution in [-0.2, 0) is 19.1 Å². The second-order valence-corrected chi connectivity index (χ2v) is 8.43. The van der Waals surface area contributed by atoms with Gasteiger partial charge in [0.2, 0.25) is 11.8 Å². The zero-order valence-electron chi connectivity index (χ0n) is 15.2. The summed E-state index contributed by atoms with van der Waals surface area (Å²) in [5.74, 6) is -1.56. The Morgan fingerprint density at radius 1 is 1.15 bits per heavy atom. The third-order valence-corrected chi connectivity index (χ3v) is 6.16. The Labute approximate surface area is 161 Å². The van der Waals surface area contributed by atoms with Gasteiger partial charge in [-0.15, -0.1) is 11.3 Å². The van der Waals surface area contributed by atoms with Crippen molar-refractivity contribution in [1.82, 2.24) is 10.3 Å².